The zero-order chi connectivity index (χ0) is 49.1. The Balaban J connectivity index is 2.27. The van der Waals surface area contributed by atoms with Crippen LogP contribution in [0.15, 0.2) is 0 Å². The van der Waals surface area contributed by atoms with E-state index >= 15 is 0 Å². The normalized spacial score (nSPS) is 31.7. The number of hydrogen-bond donors (Lipinski definition) is 0. The second-order valence-corrected chi connectivity index (χ2v) is 14.7. The van der Waals surface area contributed by atoms with Gasteiger partial charge in [0.05, 0.1) is 12.5 Å². The van der Waals surface area contributed by atoms with Crippen LogP contribution in [0.1, 0.15) is 82.6 Å². The van der Waals surface area contributed by atoms with Crippen LogP contribution in [0, 0.1) is 5.92 Å². The fraction of sp³-hybridized carbons (Fsp3) is 0.718. The zero-order valence-corrected chi connectivity index (χ0v) is 37.2. The molecule has 14 atom stereocenters. The van der Waals surface area contributed by atoms with E-state index in [1.807, 2.05) is 0 Å². The van der Waals surface area contributed by atoms with Crippen LogP contribution >= 0.6 is 0 Å². The standard InChI is InChI=1S/C39H52O26/c1-15(40)12-26-29(53-17(3)42)30(54-18(4)43)28(14-52-37-33(57-21(7)46)32(56-20(6)45)31(55-19(5)44)27(62-37)13-51-16(2)41)61-36(26)64-39(63-25(11)50)35(59-23(9)48)34(58-22(8)47)38(65-39)60-24(10)49/h26-38H,12-14H2,1-11H3/t26-,27-,28?,29-,30-,31+,32+,33-,34+,35+,36-,37+,38+,39+/m1/s1. The fourth-order valence-corrected chi connectivity index (χ4v) is 7.03. The van der Waals surface area contributed by atoms with E-state index in [0.29, 0.717) is 0 Å². The van der Waals surface area contributed by atoms with Gasteiger partial charge in [-0.3, -0.25) is 57.4 Å². The maximum Gasteiger partial charge on any atom is 0.378 e. The van der Waals surface area contributed by atoms with Crippen molar-refractivity contribution < 1.29 is 124 Å². The van der Waals surface area contributed by atoms with Gasteiger partial charge in [-0.05, 0) is 6.92 Å². The van der Waals surface area contributed by atoms with E-state index in [0.717, 1.165) is 76.2 Å². The molecule has 3 aliphatic rings. The SMILES string of the molecule is CC(=O)C[C@H]1[C@@H](O[C@]2(OC(C)=O)O[C@H](OC(C)=O)[C@@H](OC(C)=O)[C@@H]2OC(C)=O)OC(CO[C@H]2O[C@H](COC(C)=O)[C@H](OC(C)=O)[C@H](OC(C)=O)[C@H]2OC(C)=O)[C@@H](OC(C)=O)[C@@H]1OC(C)=O. The van der Waals surface area contributed by atoms with Crippen LogP contribution in [0.2, 0.25) is 0 Å². The summed E-state index contributed by atoms with van der Waals surface area (Å²) in [5.74, 6) is -15.3. The van der Waals surface area contributed by atoms with Crippen molar-refractivity contribution in [3.63, 3.8) is 0 Å². The Morgan fingerprint density at radius 3 is 1.32 bits per heavy atom. The zero-order valence-electron chi connectivity index (χ0n) is 37.2. The van der Waals surface area contributed by atoms with Crippen molar-refractivity contribution in [1.82, 2.24) is 0 Å². The molecular formula is C39H52O26. The average Bonchev–Trinajstić information content (AvgIpc) is 3.38. The molecule has 26 nitrogen and oxygen atoms in total. The molecule has 0 aromatic heterocycles. The van der Waals surface area contributed by atoms with E-state index in [-0.39, 0.29) is 0 Å². The molecule has 0 radical (unpaired) electrons. The van der Waals surface area contributed by atoms with Crippen molar-refractivity contribution in [2.45, 2.75) is 162 Å². The van der Waals surface area contributed by atoms with Gasteiger partial charge in [0.1, 0.15) is 30.7 Å². The Labute approximate surface area is 370 Å². The number of ketones is 1. The number of hydrogen-bond acceptors (Lipinski definition) is 26. The number of ether oxygens (including phenoxy) is 15. The van der Waals surface area contributed by atoms with Gasteiger partial charge in [0.15, 0.2) is 37.0 Å². The molecule has 1 unspecified atom stereocenters. The predicted octanol–water partition coefficient (Wildman–Crippen LogP) is -0.714. The fourth-order valence-electron chi connectivity index (χ4n) is 7.03. The van der Waals surface area contributed by atoms with Gasteiger partial charge in [-0.1, -0.05) is 0 Å². The van der Waals surface area contributed by atoms with Gasteiger partial charge in [-0.15, -0.1) is 0 Å². The van der Waals surface area contributed by atoms with Crippen LogP contribution in [0.3, 0.4) is 0 Å². The third-order valence-electron chi connectivity index (χ3n) is 8.91. The first kappa shape index (κ1) is 53.5. The third kappa shape index (κ3) is 15.4. The van der Waals surface area contributed by atoms with Crippen molar-refractivity contribution in [2.75, 3.05) is 13.2 Å². The first-order valence-corrected chi connectivity index (χ1v) is 19.7. The van der Waals surface area contributed by atoms with Crippen LogP contribution in [-0.4, -0.2) is 158 Å². The van der Waals surface area contributed by atoms with Gasteiger partial charge >= 0.3 is 65.7 Å². The van der Waals surface area contributed by atoms with E-state index in [4.69, 9.17) is 71.1 Å². The highest BCUT2D eigenvalue weighted by Crippen LogP contribution is 2.44. The van der Waals surface area contributed by atoms with Crippen LogP contribution in [0.4, 0.5) is 0 Å². The molecule has 0 N–H and O–H groups in total. The Bertz CT molecular complexity index is 1830. The van der Waals surface area contributed by atoms with E-state index in [1.54, 1.807) is 0 Å². The van der Waals surface area contributed by atoms with Crippen molar-refractivity contribution in [3.05, 3.63) is 0 Å². The average molecular weight is 937 g/mol. The molecule has 3 heterocycles. The summed E-state index contributed by atoms with van der Waals surface area (Å²) < 4.78 is 84.2. The Morgan fingerprint density at radius 1 is 0.415 bits per heavy atom. The molecule has 0 spiro atoms. The largest absolute Gasteiger partial charge is 0.463 e. The number of rotatable bonds is 18. The van der Waals surface area contributed by atoms with Gasteiger partial charge < -0.3 is 66.4 Å². The lowest BCUT2D eigenvalue weighted by Gasteiger charge is -2.48. The summed E-state index contributed by atoms with van der Waals surface area (Å²) in [4.78, 5) is 137. The molecule has 3 aliphatic heterocycles. The summed E-state index contributed by atoms with van der Waals surface area (Å²) >= 11 is 0. The van der Waals surface area contributed by atoms with E-state index in [1.165, 1.54) is 0 Å². The van der Waals surface area contributed by atoms with Gasteiger partial charge in [-0.25, -0.2) is 0 Å². The minimum Gasteiger partial charge on any atom is -0.463 e. The summed E-state index contributed by atoms with van der Waals surface area (Å²) in [6.45, 7) is 9.19. The monoisotopic (exact) mass is 936 g/mol. The number of Topliss-reactive ketones (excluding diaryl/α,β-unsaturated/α-hetero) is 1. The van der Waals surface area contributed by atoms with Crippen LogP contribution in [-0.2, 0) is 124 Å². The lowest BCUT2D eigenvalue weighted by molar-refractivity contribution is -0.445. The highest BCUT2D eigenvalue weighted by molar-refractivity contribution is 5.76. The molecular weight excluding hydrogens is 884 g/mol. The number of esters is 10. The molecule has 26 heteroatoms. The Kier molecular flexibility index (Phi) is 19.2. The molecule has 0 aromatic carbocycles. The van der Waals surface area contributed by atoms with Crippen LogP contribution < -0.4 is 0 Å². The molecule has 65 heavy (non-hydrogen) atoms. The number of carbonyl (C=O) groups excluding carboxylic acids is 11. The van der Waals surface area contributed by atoms with Crippen molar-refractivity contribution in [1.29, 1.82) is 0 Å². The van der Waals surface area contributed by atoms with Crippen LogP contribution in [0.5, 0.6) is 0 Å². The summed E-state index contributed by atoms with van der Waals surface area (Å²) in [5.41, 5.74) is 0. The lowest BCUT2D eigenvalue weighted by atomic mass is 9.86. The third-order valence-corrected chi connectivity index (χ3v) is 8.91. The first-order valence-electron chi connectivity index (χ1n) is 19.7. The molecule has 0 bridgehead atoms. The summed E-state index contributed by atoms with van der Waals surface area (Å²) in [7, 11) is 0. The molecule has 0 aliphatic carbocycles. The van der Waals surface area contributed by atoms with Gasteiger partial charge in [-0.2, -0.15) is 0 Å². The predicted molar refractivity (Wildman–Crippen MR) is 200 cm³/mol. The van der Waals surface area contributed by atoms with E-state index < -0.39 is 171 Å². The van der Waals surface area contributed by atoms with E-state index in [2.05, 4.69) is 0 Å². The topological polar surface area (TPSA) is 326 Å². The lowest BCUT2D eigenvalue weighted by Crippen LogP contribution is -2.64. The highest BCUT2D eigenvalue weighted by Gasteiger charge is 2.68. The summed E-state index contributed by atoms with van der Waals surface area (Å²) in [6, 6.07) is 0. The number of carbonyl (C=O) groups is 11. The Hall–Kier alpha value is -5.83. The van der Waals surface area contributed by atoms with Crippen molar-refractivity contribution in [2.24, 2.45) is 5.92 Å². The van der Waals surface area contributed by atoms with Crippen molar-refractivity contribution >= 4 is 65.5 Å². The maximum absolute atomic E-state index is 12.9. The first-order chi connectivity index (χ1) is 30.2. The van der Waals surface area contributed by atoms with Gasteiger partial charge in [0.25, 0.3) is 0 Å². The summed E-state index contributed by atoms with van der Waals surface area (Å²) in [5, 5.41) is 0. The second-order valence-electron chi connectivity index (χ2n) is 14.7. The highest BCUT2D eigenvalue weighted by atomic mass is 17.0. The smallest absolute Gasteiger partial charge is 0.378 e. The minimum atomic E-state index is -3.09. The molecule has 0 aromatic rings. The molecule has 0 amide bonds. The molecule has 3 fully saturated rings. The minimum absolute atomic E-state index is 0.612. The maximum atomic E-state index is 12.9. The second kappa shape index (κ2) is 23.4. The van der Waals surface area contributed by atoms with E-state index in [9.17, 15) is 52.7 Å². The van der Waals surface area contributed by atoms with Crippen molar-refractivity contribution in [3.8, 4) is 0 Å². The molecule has 3 saturated heterocycles. The van der Waals surface area contributed by atoms with Gasteiger partial charge in [0, 0.05) is 75.7 Å². The molecule has 364 valence electrons. The molecule has 0 saturated carbocycles. The Morgan fingerprint density at radius 2 is 0.846 bits per heavy atom. The quantitative estimate of drug-likeness (QED) is 0.0930. The van der Waals surface area contributed by atoms with Crippen LogP contribution in [0.25, 0.3) is 0 Å². The molecule has 3 rings (SSSR count). The summed E-state index contributed by atoms with van der Waals surface area (Å²) in [6.07, 6.45) is -22.4. The van der Waals surface area contributed by atoms with Gasteiger partial charge in [0.2, 0.25) is 18.5 Å².